The SMILES string of the molecule is CCCCCCCC/C=C\CCCCCCCCCCCC(=O)OC[C@H](COP(=O)(O)OC[C@H](N)C(=O)O)OC(=O)CCCCC(=O)C[C@@H]1[C@@H](/C=C/[C@@H](O)CCCCC)[C@H](O)C[C@@H]1O. The van der Waals surface area contributed by atoms with E-state index in [0.29, 0.717) is 19.3 Å². The smallest absolute Gasteiger partial charge is 0.472 e. The van der Waals surface area contributed by atoms with Crippen LogP contribution in [0.5, 0.6) is 0 Å². The summed E-state index contributed by atoms with van der Waals surface area (Å²) >= 11 is 0. The highest BCUT2D eigenvalue weighted by molar-refractivity contribution is 7.47. The van der Waals surface area contributed by atoms with Crippen LogP contribution < -0.4 is 5.73 Å². The molecule has 1 rings (SSSR count). The van der Waals surface area contributed by atoms with E-state index in [4.69, 9.17) is 24.8 Å². The van der Waals surface area contributed by atoms with Gasteiger partial charge in [-0.15, -0.1) is 0 Å². The Bertz CT molecular complexity index is 1360. The first-order valence-electron chi connectivity index (χ1n) is 24.5. The van der Waals surface area contributed by atoms with Crippen molar-refractivity contribution in [2.75, 3.05) is 19.8 Å². The lowest BCUT2D eigenvalue weighted by atomic mass is 9.87. The summed E-state index contributed by atoms with van der Waals surface area (Å²) in [7, 11) is -4.82. The number of allylic oxidation sites excluding steroid dienone is 2. The van der Waals surface area contributed by atoms with Crippen LogP contribution in [0.3, 0.4) is 0 Å². The maximum atomic E-state index is 12.9. The number of ether oxygens (including phenoxy) is 2. The number of phosphoric ester groups is 1. The number of hydrogen-bond donors (Lipinski definition) is 6. The van der Waals surface area contributed by atoms with E-state index in [1.165, 1.54) is 70.6 Å². The first kappa shape index (κ1) is 59.5. The maximum absolute atomic E-state index is 12.9. The van der Waals surface area contributed by atoms with Gasteiger partial charge in [-0.3, -0.25) is 28.2 Å². The quantitative estimate of drug-likeness (QED) is 0.0145. The minimum atomic E-state index is -4.82. The summed E-state index contributed by atoms with van der Waals surface area (Å²) in [5.74, 6) is -3.82. The molecule has 8 atom stereocenters. The molecule has 0 saturated heterocycles. The van der Waals surface area contributed by atoms with Crippen LogP contribution in [-0.2, 0) is 42.3 Å². The van der Waals surface area contributed by atoms with Crippen molar-refractivity contribution < 1.29 is 67.6 Å². The number of aliphatic hydroxyl groups excluding tert-OH is 3. The zero-order valence-electron chi connectivity index (χ0n) is 39.2. The summed E-state index contributed by atoms with van der Waals surface area (Å²) in [6, 6.07) is -1.58. The average molecular weight is 932 g/mol. The molecule has 1 aliphatic rings. The van der Waals surface area contributed by atoms with Crippen LogP contribution in [0.2, 0.25) is 0 Å². The fraction of sp³-hybridized carbons (Fsp3) is 0.833. The minimum Gasteiger partial charge on any atom is -0.480 e. The number of aliphatic carboxylic acids is 1. The van der Waals surface area contributed by atoms with E-state index in [-0.39, 0.29) is 44.3 Å². The first-order chi connectivity index (χ1) is 30.7. The van der Waals surface area contributed by atoms with Gasteiger partial charge < -0.3 is 40.5 Å². The van der Waals surface area contributed by atoms with Crippen LogP contribution in [-0.4, -0.2) is 99.3 Å². The lowest BCUT2D eigenvalue weighted by Crippen LogP contribution is -2.34. The molecule has 1 fully saturated rings. The molecule has 0 bridgehead atoms. The number of nitrogens with two attached hydrogens (primary N) is 1. The van der Waals surface area contributed by atoms with Gasteiger partial charge in [0.15, 0.2) is 6.10 Å². The van der Waals surface area contributed by atoms with E-state index in [1.54, 1.807) is 12.2 Å². The van der Waals surface area contributed by atoms with Crippen LogP contribution in [0, 0.1) is 11.8 Å². The average Bonchev–Trinajstić information content (AvgIpc) is 3.52. The highest BCUT2D eigenvalue weighted by Gasteiger charge is 2.41. The van der Waals surface area contributed by atoms with Gasteiger partial charge in [0.2, 0.25) is 0 Å². The standard InChI is InChI=1S/C48H86NO14P/c1-3-5-7-8-9-10-11-12-13-14-15-16-17-18-19-20-21-22-24-29-46(54)60-35-40(36-61-64(58,59)62-37-43(49)48(56)57)63-47(55)30-26-25-28-39(51)33-42-41(44(52)34-45(42)53)32-31-38(50)27-23-6-4-2/h12-13,31-32,38,40-45,50,52-53H,3-11,14-30,33-37,49H2,1-2H3,(H,56,57)(H,58,59)/b13-12-,32-31+/t38-,40+,41+,42+,43-,44+,45-/m0/s1. The number of carbonyl (C=O) groups excluding carboxylic acids is 3. The molecule has 7 N–H and O–H groups in total. The lowest BCUT2D eigenvalue weighted by molar-refractivity contribution is -0.161. The van der Waals surface area contributed by atoms with Gasteiger partial charge >= 0.3 is 25.7 Å². The number of phosphoric acid groups is 1. The number of ketones is 1. The lowest BCUT2D eigenvalue weighted by Gasteiger charge is -2.21. The molecule has 1 saturated carbocycles. The number of unbranched alkanes of at least 4 members (excludes halogenated alkanes) is 18. The Morgan fingerprint density at radius 2 is 1.20 bits per heavy atom. The van der Waals surface area contributed by atoms with Gasteiger partial charge in [0, 0.05) is 43.9 Å². The summed E-state index contributed by atoms with van der Waals surface area (Å²) in [4.78, 5) is 59.2. The van der Waals surface area contributed by atoms with Crippen molar-refractivity contribution in [3.63, 3.8) is 0 Å². The first-order valence-corrected chi connectivity index (χ1v) is 26.0. The molecule has 0 aliphatic heterocycles. The number of aliphatic hydroxyl groups is 3. The van der Waals surface area contributed by atoms with Gasteiger partial charge in [0.05, 0.1) is 31.5 Å². The number of Topliss-reactive ketones (excluding diaryl/α,β-unsaturated/α-hetero) is 1. The van der Waals surface area contributed by atoms with Crippen molar-refractivity contribution in [3.8, 4) is 0 Å². The van der Waals surface area contributed by atoms with Crippen LogP contribution >= 0.6 is 7.82 Å². The molecule has 15 nitrogen and oxygen atoms in total. The second-order valence-electron chi connectivity index (χ2n) is 17.6. The van der Waals surface area contributed by atoms with Crippen molar-refractivity contribution >= 4 is 31.5 Å². The van der Waals surface area contributed by atoms with Gasteiger partial charge in [0.25, 0.3) is 0 Å². The number of carboxylic acids is 1. The highest BCUT2D eigenvalue weighted by Crippen LogP contribution is 2.43. The van der Waals surface area contributed by atoms with Crippen LogP contribution in [0.15, 0.2) is 24.3 Å². The van der Waals surface area contributed by atoms with Crippen molar-refractivity contribution in [1.29, 1.82) is 0 Å². The van der Waals surface area contributed by atoms with Crippen molar-refractivity contribution in [1.82, 2.24) is 0 Å². The van der Waals surface area contributed by atoms with Crippen molar-refractivity contribution in [3.05, 3.63) is 24.3 Å². The Morgan fingerprint density at radius 3 is 1.81 bits per heavy atom. The molecule has 0 aromatic carbocycles. The highest BCUT2D eigenvalue weighted by atomic mass is 31.2. The zero-order valence-corrected chi connectivity index (χ0v) is 40.1. The molecule has 1 unspecified atom stereocenters. The van der Waals surface area contributed by atoms with Crippen LogP contribution in [0.25, 0.3) is 0 Å². The van der Waals surface area contributed by atoms with E-state index >= 15 is 0 Å². The number of esters is 2. The Morgan fingerprint density at radius 1 is 0.688 bits per heavy atom. The van der Waals surface area contributed by atoms with E-state index in [9.17, 15) is 44.0 Å². The number of hydrogen-bond acceptors (Lipinski definition) is 13. The Hall–Kier alpha value is -2.49. The maximum Gasteiger partial charge on any atom is 0.472 e. The molecular formula is C48H86NO14P. The largest absolute Gasteiger partial charge is 0.480 e. The summed E-state index contributed by atoms with van der Waals surface area (Å²) in [6.07, 6.45) is 28.7. The third kappa shape index (κ3) is 31.4. The second-order valence-corrected chi connectivity index (χ2v) is 19.0. The molecule has 0 spiro atoms. The van der Waals surface area contributed by atoms with Gasteiger partial charge in [-0.25, -0.2) is 4.57 Å². The molecule has 0 amide bonds. The fourth-order valence-electron chi connectivity index (χ4n) is 7.70. The molecule has 1 aliphatic carbocycles. The van der Waals surface area contributed by atoms with Crippen molar-refractivity contribution in [2.24, 2.45) is 17.6 Å². The van der Waals surface area contributed by atoms with Crippen LogP contribution in [0.1, 0.15) is 194 Å². The molecular weight excluding hydrogens is 845 g/mol. The summed E-state index contributed by atoms with van der Waals surface area (Å²) < 4.78 is 32.7. The molecule has 64 heavy (non-hydrogen) atoms. The second kappa shape index (κ2) is 37.6. The summed E-state index contributed by atoms with van der Waals surface area (Å²) in [5.41, 5.74) is 5.33. The van der Waals surface area contributed by atoms with E-state index in [0.717, 1.165) is 51.4 Å². The minimum absolute atomic E-state index is 0.0346. The van der Waals surface area contributed by atoms with Crippen LogP contribution in [0.4, 0.5) is 0 Å². The molecule has 16 heteroatoms. The Kier molecular flexibility index (Phi) is 35.0. The normalized spacial score (nSPS) is 20.0. The summed E-state index contributed by atoms with van der Waals surface area (Å²) in [6.45, 7) is 2.33. The third-order valence-corrected chi connectivity index (χ3v) is 12.6. The zero-order chi connectivity index (χ0) is 47.4. The van der Waals surface area contributed by atoms with Gasteiger partial charge in [-0.1, -0.05) is 134 Å². The molecule has 0 aromatic rings. The van der Waals surface area contributed by atoms with Gasteiger partial charge in [-0.2, -0.15) is 0 Å². The van der Waals surface area contributed by atoms with Crippen molar-refractivity contribution in [2.45, 2.75) is 224 Å². The van der Waals surface area contributed by atoms with E-state index in [1.807, 2.05) is 0 Å². The topological polar surface area (TPSA) is 249 Å². The predicted molar refractivity (Wildman–Crippen MR) is 247 cm³/mol. The number of rotatable bonds is 42. The van der Waals surface area contributed by atoms with Gasteiger partial charge in [-0.05, 0) is 51.4 Å². The molecule has 0 heterocycles. The summed E-state index contributed by atoms with van der Waals surface area (Å²) in [5, 5.41) is 40.3. The molecule has 0 aromatic heterocycles. The van der Waals surface area contributed by atoms with E-state index < -0.39 is 87.8 Å². The Balaban J connectivity index is 2.45. The molecule has 372 valence electrons. The number of carbonyl (C=O) groups is 4. The third-order valence-electron chi connectivity index (χ3n) is 11.7. The predicted octanol–water partition coefficient (Wildman–Crippen LogP) is 8.96. The van der Waals surface area contributed by atoms with Gasteiger partial charge in [0.1, 0.15) is 18.4 Å². The fourth-order valence-corrected chi connectivity index (χ4v) is 8.48. The van der Waals surface area contributed by atoms with E-state index in [2.05, 4.69) is 30.5 Å². The number of carboxylic acid groups (broad SMARTS) is 1. The molecule has 0 radical (unpaired) electrons. The monoisotopic (exact) mass is 932 g/mol. The Labute approximate surface area is 383 Å².